The van der Waals surface area contributed by atoms with E-state index in [0.717, 1.165) is 47.7 Å². The quantitative estimate of drug-likeness (QED) is 0.435. The minimum Gasteiger partial charge on any atom is -0.497 e. The van der Waals surface area contributed by atoms with Crippen LogP contribution in [0.15, 0.2) is 53.3 Å². The second kappa shape index (κ2) is 11.7. The molecule has 7 nitrogen and oxygen atoms in total. The Bertz CT molecular complexity index is 1130. The van der Waals surface area contributed by atoms with Crippen molar-refractivity contribution < 1.29 is 9.47 Å². The Labute approximate surface area is 200 Å². The van der Waals surface area contributed by atoms with Crippen molar-refractivity contribution in [1.29, 1.82) is 0 Å². The number of likely N-dealkylation sites (N-methyl/N-ethyl adjacent to an activating group) is 1. The Morgan fingerprint density at radius 1 is 0.970 bits per heavy atom. The minimum absolute atomic E-state index is 0.118. The molecule has 0 saturated heterocycles. The number of ether oxygens (including phenoxy) is 2. The normalized spacial score (nSPS) is 10.9. The third-order valence-corrected chi connectivity index (χ3v) is 6.06. The van der Waals surface area contributed by atoms with Crippen LogP contribution in [-0.2, 0) is 6.54 Å². The molecule has 0 spiro atoms. The van der Waals surface area contributed by atoms with Crippen molar-refractivity contribution in [2.24, 2.45) is 0 Å². The third kappa shape index (κ3) is 6.46. The summed E-state index contributed by atoms with van der Waals surface area (Å²) in [5.74, 6) is 1.53. The van der Waals surface area contributed by atoms with E-state index in [0.29, 0.717) is 23.8 Å². The van der Waals surface area contributed by atoms with Gasteiger partial charge in [0.05, 0.1) is 20.8 Å². The Morgan fingerprint density at radius 3 is 2.27 bits per heavy atom. The van der Waals surface area contributed by atoms with Gasteiger partial charge in [-0.15, -0.1) is 0 Å². The van der Waals surface area contributed by atoms with Crippen LogP contribution in [0.3, 0.4) is 0 Å². The number of methoxy groups -OCH3 is 2. The highest BCUT2D eigenvalue weighted by Gasteiger charge is 2.15. The summed E-state index contributed by atoms with van der Waals surface area (Å²) in [4.78, 5) is 20.2. The van der Waals surface area contributed by atoms with E-state index in [-0.39, 0.29) is 5.56 Å². The van der Waals surface area contributed by atoms with Gasteiger partial charge in [0.1, 0.15) is 11.5 Å². The van der Waals surface area contributed by atoms with Crippen molar-refractivity contribution in [1.82, 2.24) is 14.8 Å². The molecule has 1 heterocycles. The predicted octanol–water partition coefficient (Wildman–Crippen LogP) is 4.09. The predicted molar refractivity (Wildman–Crippen MR) is 139 cm³/mol. The van der Waals surface area contributed by atoms with Crippen molar-refractivity contribution in [3.8, 4) is 11.5 Å². The Kier molecular flexibility index (Phi) is 8.68. The molecule has 0 aliphatic rings. The first-order valence-electron chi connectivity index (χ1n) is 11.1. The van der Waals surface area contributed by atoms with Crippen LogP contribution in [0, 0.1) is 0 Å². The van der Waals surface area contributed by atoms with Gasteiger partial charge in [0.2, 0.25) is 0 Å². The van der Waals surface area contributed by atoms with Gasteiger partial charge in [0.25, 0.3) is 5.56 Å². The zero-order valence-corrected chi connectivity index (χ0v) is 20.5. The van der Waals surface area contributed by atoms with Crippen molar-refractivity contribution in [3.05, 3.63) is 64.4 Å². The van der Waals surface area contributed by atoms with Crippen molar-refractivity contribution in [2.45, 2.75) is 20.4 Å². The summed E-state index contributed by atoms with van der Waals surface area (Å²) in [5, 5.41) is 4.78. The fraction of sp³-hybridized carbons (Fsp3) is 0.360. The summed E-state index contributed by atoms with van der Waals surface area (Å²) in [5.41, 5.74) is 2.17. The lowest BCUT2D eigenvalue weighted by Crippen LogP contribution is -2.41. The monoisotopic (exact) mass is 468 g/mol. The Morgan fingerprint density at radius 2 is 1.64 bits per heavy atom. The van der Waals surface area contributed by atoms with Gasteiger partial charge in [-0.3, -0.25) is 4.79 Å². The molecule has 0 fully saturated rings. The number of benzene rings is 2. The molecule has 0 aliphatic heterocycles. The van der Waals surface area contributed by atoms with E-state index >= 15 is 0 Å². The highest BCUT2D eigenvalue weighted by atomic mass is 32.1. The maximum atomic E-state index is 12.8. The molecule has 0 aliphatic carbocycles. The molecule has 176 valence electrons. The van der Waals surface area contributed by atoms with Crippen LogP contribution in [0.2, 0.25) is 0 Å². The van der Waals surface area contributed by atoms with E-state index in [4.69, 9.17) is 21.7 Å². The number of nitrogens with zero attached hydrogens (tertiary/aromatic N) is 2. The molecule has 2 aromatic carbocycles. The van der Waals surface area contributed by atoms with Crippen molar-refractivity contribution in [2.75, 3.05) is 45.7 Å². The summed E-state index contributed by atoms with van der Waals surface area (Å²) in [6.07, 6.45) is 0. The lowest BCUT2D eigenvalue weighted by atomic mass is 10.1. The van der Waals surface area contributed by atoms with Gasteiger partial charge >= 0.3 is 0 Å². The number of hydrogen-bond acceptors (Lipinski definition) is 5. The Balaban J connectivity index is 1.85. The zero-order chi connectivity index (χ0) is 23.8. The minimum atomic E-state index is -0.118. The highest BCUT2D eigenvalue weighted by Crippen LogP contribution is 2.20. The lowest BCUT2D eigenvalue weighted by Gasteiger charge is -2.29. The van der Waals surface area contributed by atoms with Crippen molar-refractivity contribution in [3.63, 3.8) is 0 Å². The summed E-state index contributed by atoms with van der Waals surface area (Å²) in [6.45, 7) is 8.13. The van der Waals surface area contributed by atoms with E-state index in [2.05, 4.69) is 29.0 Å². The topological polar surface area (TPSA) is 69.8 Å². The smallest absolute Gasteiger partial charge is 0.253 e. The largest absolute Gasteiger partial charge is 0.497 e. The number of aromatic nitrogens is 1. The van der Waals surface area contributed by atoms with Crippen LogP contribution in [0.5, 0.6) is 11.5 Å². The van der Waals surface area contributed by atoms with Crippen LogP contribution >= 0.6 is 12.2 Å². The molecule has 0 saturated carbocycles. The van der Waals surface area contributed by atoms with E-state index in [1.54, 1.807) is 14.2 Å². The van der Waals surface area contributed by atoms with Crippen molar-refractivity contribution >= 4 is 33.9 Å². The maximum absolute atomic E-state index is 12.8. The van der Waals surface area contributed by atoms with Gasteiger partial charge in [-0.2, -0.15) is 0 Å². The van der Waals surface area contributed by atoms with E-state index in [9.17, 15) is 4.79 Å². The molecule has 0 unspecified atom stereocenters. The molecule has 0 bridgehead atoms. The second-order valence-corrected chi connectivity index (χ2v) is 8.07. The van der Waals surface area contributed by atoms with Crippen LogP contribution in [-0.4, -0.2) is 60.3 Å². The van der Waals surface area contributed by atoms with E-state index in [1.807, 2.05) is 53.4 Å². The molecule has 33 heavy (non-hydrogen) atoms. The number of H-pyrrole nitrogens is 1. The standard InChI is InChI=1S/C25H32N4O3S/c1-5-28(6-2)13-14-29(25(33)26-20-7-9-21(31-3)10-8-20)17-19-15-18-16-22(32-4)11-12-23(18)27-24(19)30/h7-12,15-16H,5-6,13-14,17H2,1-4H3,(H,26,33)(H,27,30). The maximum Gasteiger partial charge on any atom is 0.253 e. The number of hydrogen-bond donors (Lipinski definition) is 2. The number of fused-ring (bicyclic) bond motifs is 1. The molecule has 1 aromatic heterocycles. The van der Waals surface area contributed by atoms with Gasteiger partial charge in [0, 0.05) is 35.2 Å². The number of pyridine rings is 1. The first kappa shape index (κ1) is 24.5. The SMILES string of the molecule is CCN(CC)CCN(Cc1cc2cc(OC)ccc2[nH]c1=O)C(=S)Nc1ccc(OC)cc1. The molecule has 0 radical (unpaired) electrons. The summed E-state index contributed by atoms with van der Waals surface area (Å²) in [7, 11) is 3.27. The first-order chi connectivity index (χ1) is 16.0. The average molecular weight is 469 g/mol. The highest BCUT2D eigenvalue weighted by molar-refractivity contribution is 7.80. The van der Waals surface area contributed by atoms with Crippen LogP contribution in [0.4, 0.5) is 5.69 Å². The molecular weight excluding hydrogens is 436 g/mol. The molecule has 3 rings (SSSR count). The van der Waals surface area contributed by atoms with Crippen LogP contribution in [0.1, 0.15) is 19.4 Å². The van der Waals surface area contributed by atoms with Crippen LogP contribution in [0.25, 0.3) is 10.9 Å². The third-order valence-electron chi connectivity index (χ3n) is 5.70. The molecule has 8 heteroatoms. The van der Waals surface area contributed by atoms with E-state index in [1.165, 1.54) is 0 Å². The summed E-state index contributed by atoms with van der Waals surface area (Å²) < 4.78 is 10.6. The molecule has 0 atom stereocenters. The lowest BCUT2D eigenvalue weighted by molar-refractivity contribution is 0.266. The Hall–Kier alpha value is -3.10. The molecule has 0 amide bonds. The number of anilines is 1. The van der Waals surface area contributed by atoms with E-state index < -0.39 is 0 Å². The fourth-order valence-corrected chi connectivity index (χ4v) is 3.88. The second-order valence-electron chi connectivity index (χ2n) is 7.68. The molecule has 3 aromatic rings. The number of aromatic amines is 1. The molecular formula is C25H32N4O3S. The first-order valence-corrected chi connectivity index (χ1v) is 11.5. The van der Waals surface area contributed by atoms with Crippen LogP contribution < -0.4 is 20.3 Å². The van der Waals surface area contributed by atoms with Gasteiger partial charge < -0.3 is 29.6 Å². The van der Waals surface area contributed by atoms with Gasteiger partial charge in [-0.1, -0.05) is 13.8 Å². The van der Waals surface area contributed by atoms with Gasteiger partial charge in [0.15, 0.2) is 5.11 Å². The van der Waals surface area contributed by atoms with Gasteiger partial charge in [-0.25, -0.2) is 0 Å². The zero-order valence-electron chi connectivity index (χ0n) is 19.7. The number of thiocarbonyl (C=S) groups is 1. The molecule has 2 N–H and O–H groups in total. The van der Waals surface area contributed by atoms with Gasteiger partial charge in [-0.05, 0) is 73.8 Å². The average Bonchev–Trinajstić information content (AvgIpc) is 2.84. The summed E-state index contributed by atoms with van der Waals surface area (Å²) >= 11 is 5.75. The number of rotatable bonds is 10. The fourth-order valence-electron chi connectivity index (χ4n) is 3.61. The summed E-state index contributed by atoms with van der Waals surface area (Å²) in [6, 6.07) is 15.1. The number of nitrogens with one attached hydrogen (secondary N) is 2.